The quantitative estimate of drug-likeness (QED) is 0.0915. The van der Waals surface area contributed by atoms with Crippen molar-refractivity contribution in [2.24, 2.45) is 0 Å². The molecule has 0 radical (unpaired) electrons. The van der Waals surface area contributed by atoms with E-state index >= 15 is 0 Å². The van der Waals surface area contributed by atoms with Gasteiger partial charge in [0.1, 0.15) is 30.2 Å². The van der Waals surface area contributed by atoms with Gasteiger partial charge in [0, 0.05) is 19.6 Å². The molecule has 19 heteroatoms. The van der Waals surface area contributed by atoms with Crippen LogP contribution in [0.4, 0.5) is 0 Å². The molecule has 4 fully saturated rings. The number of carbonyl (C=O) groups excluding carboxylic acids is 8. The third kappa shape index (κ3) is 10.1. The number of carbonyl (C=O) groups is 9. The lowest BCUT2D eigenvalue weighted by Crippen LogP contribution is -2.55. The van der Waals surface area contributed by atoms with Crippen molar-refractivity contribution in [1.82, 2.24) is 46.6 Å². The van der Waals surface area contributed by atoms with Gasteiger partial charge >= 0.3 is 5.97 Å². The molecular weight excluding hydrogens is 670 g/mol. The summed E-state index contributed by atoms with van der Waals surface area (Å²) >= 11 is 0. The van der Waals surface area contributed by atoms with Crippen molar-refractivity contribution in [3.8, 4) is 0 Å². The fourth-order valence-electron chi connectivity index (χ4n) is 6.88. The molecule has 0 aliphatic carbocycles. The number of amides is 8. The lowest BCUT2D eigenvalue weighted by Gasteiger charge is -2.27. The molecule has 19 nitrogen and oxygen atoms in total. The molecular formula is C32H49N9O10. The van der Waals surface area contributed by atoms with E-state index in [0.29, 0.717) is 51.5 Å². The lowest BCUT2D eigenvalue weighted by atomic mass is 10.1. The van der Waals surface area contributed by atoms with Crippen LogP contribution in [0.5, 0.6) is 0 Å². The molecule has 51 heavy (non-hydrogen) atoms. The van der Waals surface area contributed by atoms with E-state index in [-0.39, 0.29) is 31.6 Å². The Hall–Kier alpha value is -4.81. The van der Waals surface area contributed by atoms with E-state index in [2.05, 4.69) is 31.9 Å². The van der Waals surface area contributed by atoms with Gasteiger partial charge in [-0.2, -0.15) is 0 Å². The van der Waals surface area contributed by atoms with E-state index in [9.17, 15) is 48.3 Å². The van der Waals surface area contributed by atoms with E-state index in [0.717, 1.165) is 13.0 Å². The second kappa shape index (κ2) is 17.9. The highest BCUT2D eigenvalue weighted by molar-refractivity contribution is 5.96. The molecule has 0 saturated carbocycles. The number of nitrogens with zero attached hydrogens (tertiary/aromatic N) is 3. The molecule has 0 aromatic rings. The summed E-state index contributed by atoms with van der Waals surface area (Å²) < 4.78 is 0. The standard InChI is InChI=1S/C32H49N9O10/c1-18(37-31(49)22-9-5-13-40(22)25(43)17-36-29(47)20-7-3-11-33-20)27(45)34-15-24(42)39-12-4-8-21(39)30(48)38-19(2)28(46)35-16-26(44)41-14-6-10-23(41)32(50)51/h18-23,33H,3-17H2,1-2H3,(H,34,45)(H,35,46)(H,36,47)(H,37,49)(H,38,48)(H,50,51)/t18-,19-,20-,21-,22-,23-/m0/s1. The molecule has 4 aliphatic rings. The molecule has 0 bridgehead atoms. The van der Waals surface area contributed by atoms with Gasteiger partial charge < -0.3 is 51.7 Å². The molecule has 0 aromatic heterocycles. The Kier molecular flexibility index (Phi) is 13.7. The first-order chi connectivity index (χ1) is 24.3. The maximum absolute atomic E-state index is 13.0. The second-order valence-corrected chi connectivity index (χ2v) is 13.3. The number of hydrogen-bond donors (Lipinski definition) is 7. The summed E-state index contributed by atoms with van der Waals surface area (Å²) in [5.74, 6) is -5.27. The van der Waals surface area contributed by atoms with Gasteiger partial charge in [-0.15, -0.1) is 0 Å². The highest BCUT2D eigenvalue weighted by Gasteiger charge is 2.38. The van der Waals surface area contributed by atoms with Gasteiger partial charge in [-0.05, 0) is 71.8 Å². The number of hydrogen-bond acceptors (Lipinski definition) is 10. The predicted octanol–water partition coefficient (Wildman–Crippen LogP) is -3.85. The zero-order valence-electron chi connectivity index (χ0n) is 29.0. The number of carboxylic acids is 1. The minimum absolute atomic E-state index is 0.239. The molecule has 0 unspecified atom stereocenters. The van der Waals surface area contributed by atoms with Gasteiger partial charge in [-0.1, -0.05) is 0 Å². The van der Waals surface area contributed by atoms with Gasteiger partial charge in [0.2, 0.25) is 47.3 Å². The van der Waals surface area contributed by atoms with Crippen molar-refractivity contribution < 1.29 is 48.3 Å². The van der Waals surface area contributed by atoms with Gasteiger partial charge in [-0.3, -0.25) is 38.4 Å². The van der Waals surface area contributed by atoms with Crippen LogP contribution in [0.15, 0.2) is 0 Å². The first-order valence-corrected chi connectivity index (χ1v) is 17.6. The predicted molar refractivity (Wildman–Crippen MR) is 177 cm³/mol. The third-order valence-corrected chi connectivity index (χ3v) is 9.73. The van der Waals surface area contributed by atoms with E-state index < -0.39 is 90.6 Å². The molecule has 282 valence electrons. The van der Waals surface area contributed by atoms with Crippen molar-refractivity contribution in [2.45, 2.75) is 101 Å². The Morgan fingerprint density at radius 3 is 1.41 bits per heavy atom. The normalized spacial score (nSPS) is 24.0. The van der Waals surface area contributed by atoms with Crippen molar-refractivity contribution in [2.75, 3.05) is 45.8 Å². The Morgan fingerprint density at radius 2 is 1.00 bits per heavy atom. The van der Waals surface area contributed by atoms with E-state index in [1.807, 2.05) is 0 Å². The highest BCUT2D eigenvalue weighted by atomic mass is 16.4. The summed E-state index contributed by atoms with van der Waals surface area (Å²) in [5, 5.41) is 25.0. The Balaban J connectivity index is 1.18. The van der Waals surface area contributed by atoms with Crippen molar-refractivity contribution in [3.63, 3.8) is 0 Å². The fourth-order valence-corrected chi connectivity index (χ4v) is 6.88. The Bertz CT molecular complexity index is 1390. The lowest BCUT2D eigenvalue weighted by molar-refractivity contribution is -0.148. The number of aliphatic carboxylic acids is 1. The van der Waals surface area contributed by atoms with E-state index in [1.54, 1.807) is 0 Å². The van der Waals surface area contributed by atoms with E-state index in [1.165, 1.54) is 28.5 Å². The van der Waals surface area contributed by atoms with Crippen LogP contribution in [0, 0.1) is 0 Å². The molecule has 0 aromatic carbocycles. The average molecular weight is 720 g/mol. The monoisotopic (exact) mass is 719 g/mol. The van der Waals surface area contributed by atoms with Gasteiger partial charge in [0.15, 0.2) is 0 Å². The Labute approximate surface area is 295 Å². The van der Waals surface area contributed by atoms with Gasteiger partial charge in [-0.25, -0.2) is 4.79 Å². The molecule has 4 rings (SSSR count). The first kappa shape index (κ1) is 39.0. The maximum Gasteiger partial charge on any atom is 0.326 e. The largest absolute Gasteiger partial charge is 0.480 e. The number of rotatable bonds is 14. The molecule has 8 amide bonds. The SMILES string of the molecule is C[C@H](NC(=O)[C@@H]1CCCN1C(=O)CNC(=O)[C@H](C)NC(=O)[C@@H]1CCCN1C(=O)CNC(=O)[C@@H]1CCCN1)C(=O)NCC(=O)N1CCC[C@H]1C(=O)O. The summed E-state index contributed by atoms with van der Waals surface area (Å²) in [6.45, 7) is 3.35. The van der Waals surface area contributed by atoms with Gasteiger partial charge in [0.05, 0.1) is 25.7 Å². The minimum atomic E-state index is -1.11. The molecule has 0 spiro atoms. The van der Waals surface area contributed by atoms with E-state index in [4.69, 9.17) is 0 Å². The summed E-state index contributed by atoms with van der Waals surface area (Å²) in [5.41, 5.74) is 0. The number of carboxylic acid groups (broad SMARTS) is 1. The zero-order chi connectivity index (χ0) is 37.2. The molecule has 4 aliphatic heterocycles. The zero-order valence-corrected chi connectivity index (χ0v) is 29.0. The number of likely N-dealkylation sites (tertiary alicyclic amines) is 3. The van der Waals surface area contributed by atoms with Gasteiger partial charge in [0.25, 0.3) is 0 Å². The van der Waals surface area contributed by atoms with Crippen LogP contribution < -0.4 is 31.9 Å². The molecule has 6 atom stereocenters. The summed E-state index contributed by atoms with van der Waals surface area (Å²) in [6, 6.07) is -5.07. The van der Waals surface area contributed by atoms with Crippen molar-refractivity contribution >= 4 is 53.2 Å². The van der Waals surface area contributed by atoms with Crippen LogP contribution in [-0.2, 0) is 43.2 Å². The van der Waals surface area contributed by atoms with Crippen molar-refractivity contribution in [3.05, 3.63) is 0 Å². The van der Waals surface area contributed by atoms with Crippen molar-refractivity contribution in [1.29, 1.82) is 0 Å². The topological polar surface area (TPSA) is 256 Å². The fraction of sp³-hybridized carbons (Fsp3) is 0.719. The highest BCUT2D eigenvalue weighted by Crippen LogP contribution is 2.20. The molecule has 4 heterocycles. The summed E-state index contributed by atoms with van der Waals surface area (Å²) in [4.78, 5) is 117. The number of nitrogens with one attached hydrogen (secondary N) is 6. The third-order valence-electron chi connectivity index (χ3n) is 9.73. The summed E-state index contributed by atoms with van der Waals surface area (Å²) in [7, 11) is 0. The molecule has 7 N–H and O–H groups in total. The maximum atomic E-state index is 13.0. The van der Waals surface area contributed by atoms with Crippen LogP contribution >= 0.6 is 0 Å². The minimum Gasteiger partial charge on any atom is -0.480 e. The first-order valence-electron chi connectivity index (χ1n) is 17.6. The van der Waals surface area contributed by atoms with Crippen LogP contribution in [-0.4, -0.2) is 155 Å². The van der Waals surface area contributed by atoms with Crippen LogP contribution in [0.3, 0.4) is 0 Å². The van der Waals surface area contributed by atoms with Crippen LogP contribution in [0.25, 0.3) is 0 Å². The second-order valence-electron chi connectivity index (χ2n) is 13.3. The smallest absolute Gasteiger partial charge is 0.326 e. The van der Waals surface area contributed by atoms with Crippen LogP contribution in [0.1, 0.15) is 65.2 Å². The average Bonchev–Trinajstić information content (AvgIpc) is 3.94. The summed E-state index contributed by atoms with van der Waals surface area (Å²) in [6.07, 6.45) is 4.27. The molecule has 4 saturated heterocycles. The van der Waals surface area contributed by atoms with Crippen LogP contribution in [0.2, 0.25) is 0 Å². The Morgan fingerprint density at radius 1 is 0.588 bits per heavy atom.